The topological polar surface area (TPSA) is 33.1 Å². The van der Waals surface area contributed by atoms with Crippen LogP contribution in [0.2, 0.25) is 25.7 Å². The summed E-state index contributed by atoms with van der Waals surface area (Å²) in [7, 11) is -0.946. The molecule has 0 bridgehead atoms. The van der Waals surface area contributed by atoms with Crippen molar-refractivity contribution < 1.29 is 4.74 Å². The molecule has 0 saturated carbocycles. The van der Waals surface area contributed by atoms with Gasteiger partial charge in [0.2, 0.25) is 0 Å². The van der Waals surface area contributed by atoms with Crippen molar-refractivity contribution in [2.24, 2.45) is 0 Å². The highest BCUT2D eigenvalue weighted by Gasteiger charge is 2.12. The molecule has 0 aliphatic carbocycles. The smallest absolute Gasteiger partial charge is 0.177 e. The summed E-state index contributed by atoms with van der Waals surface area (Å²) in [6.07, 6.45) is 0. The fourth-order valence-electron chi connectivity index (χ4n) is 0.510. The van der Waals surface area contributed by atoms with Crippen molar-refractivity contribution in [3.8, 4) is 0 Å². The van der Waals surface area contributed by atoms with Gasteiger partial charge in [0.25, 0.3) is 0 Å². The van der Waals surface area contributed by atoms with Crippen LogP contribution < -0.4 is 0 Å². The lowest BCUT2D eigenvalue weighted by molar-refractivity contribution is 0.319. The van der Waals surface area contributed by atoms with Crippen LogP contribution in [0, 0.1) is 5.41 Å². The second-order valence-corrected chi connectivity index (χ2v) is 9.34. The average Bonchev–Trinajstić information content (AvgIpc) is 1.59. The molecule has 0 amide bonds. The highest BCUT2D eigenvalue weighted by atomic mass is 28.3. The molecule has 0 fully saturated rings. The molecule has 3 heteroatoms. The Morgan fingerprint density at radius 3 is 2.20 bits per heavy atom. The molecule has 0 rings (SSSR count). The van der Waals surface area contributed by atoms with Crippen molar-refractivity contribution in [2.45, 2.75) is 32.6 Å². The third-order valence-electron chi connectivity index (χ3n) is 1.17. The van der Waals surface area contributed by atoms with Crippen LogP contribution in [0.1, 0.15) is 6.92 Å². The molecule has 0 saturated heterocycles. The van der Waals surface area contributed by atoms with Gasteiger partial charge in [-0.25, -0.2) is 0 Å². The fourth-order valence-corrected chi connectivity index (χ4v) is 1.22. The van der Waals surface area contributed by atoms with E-state index in [0.717, 1.165) is 12.7 Å². The van der Waals surface area contributed by atoms with Crippen molar-refractivity contribution in [2.75, 3.05) is 6.61 Å². The van der Waals surface area contributed by atoms with Gasteiger partial charge in [-0.2, -0.15) is 0 Å². The lowest BCUT2D eigenvalue weighted by Crippen LogP contribution is -2.22. The van der Waals surface area contributed by atoms with Gasteiger partial charge in [0.1, 0.15) is 0 Å². The molecule has 0 aromatic rings. The van der Waals surface area contributed by atoms with E-state index in [9.17, 15) is 0 Å². The molecule has 0 aliphatic rings. The Hall–Kier alpha value is -0.313. The summed E-state index contributed by atoms with van der Waals surface area (Å²) in [6.45, 7) is 9.30. The molecule has 1 N–H and O–H groups in total. The maximum absolute atomic E-state index is 7.00. The Morgan fingerprint density at radius 2 is 1.90 bits per heavy atom. The Morgan fingerprint density at radius 1 is 1.40 bits per heavy atom. The molecule has 2 nitrogen and oxygen atoms in total. The van der Waals surface area contributed by atoms with Crippen molar-refractivity contribution in [1.29, 1.82) is 5.41 Å². The minimum absolute atomic E-state index is 0.332. The zero-order valence-corrected chi connectivity index (χ0v) is 8.32. The Balaban J connectivity index is 3.29. The van der Waals surface area contributed by atoms with Crippen molar-refractivity contribution >= 4 is 14.0 Å². The summed E-state index contributed by atoms with van der Waals surface area (Å²) in [5, 5.41) is 7.00. The second kappa shape index (κ2) is 3.76. The van der Waals surface area contributed by atoms with Crippen LogP contribution in [0.4, 0.5) is 0 Å². The third-order valence-corrected chi connectivity index (χ3v) is 2.87. The number of hydrogen-bond donors (Lipinski definition) is 1. The van der Waals surface area contributed by atoms with E-state index < -0.39 is 8.07 Å². The quantitative estimate of drug-likeness (QED) is 0.383. The molecule has 0 radical (unpaired) electrons. The molecule has 60 valence electrons. The van der Waals surface area contributed by atoms with Crippen LogP contribution >= 0.6 is 0 Å². The number of rotatable bonds is 3. The molecule has 0 spiro atoms. The van der Waals surface area contributed by atoms with Gasteiger partial charge in [-0.05, 0) is 6.04 Å². The second-order valence-electron chi connectivity index (χ2n) is 3.72. The summed E-state index contributed by atoms with van der Waals surface area (Å²) in [4.78, 5) is 0. The molecule has 0 aromatic carbocycles. The Bertz CT molecular complexity index is 117. The zero-order valence-electron chi connectivity index (χ0n) is 7.32. The van der Waals surface area contributed by atoms with E-state index in [1.165, 1.54) is 0 Å². The van der Waals surface area contributed by atoms with Crippen molar-refractivity contribution in [3.63, 3.8) is 0 Å². The van der Waals surface area contributed by atoms with E-state index in [1.807, 2.05) is 0 Å². The van der Waals surface area contributed by atoms with Crippen LogP contribution in [-0.4, -0.2) is 20.6 Å². The first-order valence-electron chi connectivity index (χ1n) is 3.60. The largest absolute Gasteiger partial charge is 0.482 e. The van der Waals surface area contributed by atoms with Gasteiger partial charge in [0.15, 0.2) is 5.90 Å². The van der Waals surface area contributed by atoms with Gasteiger partial charge in [-0.3, -0.25) is 5.41 Å². The fraction of sp³-hybridized carbons (Fsp3) is 0.857. The van der Waals surface area contributed by atoms with E-state index in [1.54, 1.807) is 6.92 Å². The van der Waals surface area contributed by atoms with E-state index in [2.05, 4.69) is 19.6 Å². The van der Waals surface area contributed by atoms with Crippen molar-refractivity contribution in [3.05, 3.63) is 0 Å². The van der Waals surface area contributed by atoms with E-state index in [4.69, 9.17) is 10.1 Å². The predicted molar refractivity (Wildman–Crippen MR) is 47.5 cm³/mol. The molecular weight excluding hydrogens is 142 g/mol. The van der Waals surface area contributed by atoms with E-state index in [-0.39, 0.29) is 0 Å². The summed E-state index contributed by atoms with van der Waals surface area (Å²) >= 11 is 0. The van der Waals surface area contributed by atoms with Crippen LogP contribution in [0.3, 0.4) is 0 Å². The minimum atomic E-state index is -0.946. The third kappa shape index (κ3) is 7.69. The van der Waals surface area contributed by atoms with Crippen LogP contribution in [-0.2, 0) is 4.74 Å². The van der Waals surface area contributed by atoms with Gasteiger partial charge in [0, 0.05) is 15.0 Å². The zero-order chi connectivity index (χ0) is 8.20. The van der Waals surface area contributed by atoms with E-state index >= 15 is 0 Å². The van der Waals surface area contributed by atoms with Crippen LogP contribution in [0.15, 0.2) is 0 Å². The minimum Gasteiger partial charge on any atom is -0.482 e. The molecule has 0 aliphatic heterocycles. The lowest BCUT2D eigenvalue weighted by Gasteiger charge is -2.14. The van der Waals surface area contributed by atoms with Crippen LogP contribution in [0.25, 0.3) is 0 Å². The molecule has 0 heterocycles. The number of nitrogens with one attached hydrogen (secondary N) is 1. The van der Waals surface area contributed by atoms with E-state index in [0.29, 0.717) is 5.90 Å². The highest BCUT2D eigenvalue weighted by molar-refractivity contribution is 6.76. The first-order chi connectivity index (χ1) is 4.42. The number of ether oxygens (including phenoxy) is 1. The molecule has 0 atom stereocenters. The predicted octanol–water partition coefficient (Wildman–Crippen LogP) is 2.34. The first kappa shape index (κ1) is 9.69. The molecule has 0 aromatic heterocycles. The maximum atomic E-state index is 7.00. The van der Waals surface area contributed by atoms with Gasteiger partial charge in [0.05, 0.1) is 6.61 Å². The summed E-state index contributed by atoms with van der Waals surface area (Å²) < 4.78 is 5.04. The van der Waals surface area contributed by atoms with Gasteiger partial charge in [-0.15, -0.1) is 0 Å². The van der Waals surface area contributed by atoms with Gasteiger partial charge >= 0.3 is 0 Å². The van der Waals surface area contributed by atoms with Crippen LogP contribution in [0.5, 0.6) is 0 Å². The Kier molecular flexibility index (Phi) is 3.64. The van der Waals surface area contributed by atoms with Crippen molar-refractivity contribution in [1.82, 2.24) is 0 Å². The SMILES string of the molecule is CC(=N)OCC[Si](C)(C)C. The summed E-state index contributed by atoms with van der Waals surface area (Å²) in [6, 6.07) is 1.14. The standard InChI is InChI=1S/C7H17NOSi/c1-7(8)9-5-6-10(2,3)4/h8H,5-6H2,1-4H3. The molecule has 0 unspecified atom stereocenters. The maximum Gasteiger partial charge on any atom is 0.177 e. The summed E-state index contributed by atoms with van der Waals surface area (Å²) in [5.41, 5.74) is 0. The molecular formula is C7H17NOSi. The molecule has 10 heavy (non-hydrogen) atoms. The Labute approximate surface area is 64.1 Å². The highest BCUT2D eigenvalue weighted by Crippen LogP contribution is 2.07. The van der Waals surface area contributed by atoms with Gasteiger partial charge < -0.3 is 4.74 Å². The average molecular weight is 159 g/mol. The normalized spacial score (nSPS) is 11.2. The monoisotopic (exact) mass is 159 g/mol. The lowest BCUT2D eigenvalue weighted by atomic mass is 10.7. The van der Waals surface area contributed by atoms with Gasteiger partial charge in [-0.1, -0.05) is 19.6 Å². The summed E-state index contributed by atoms with van der Waals surface area (Å²) in [5.74, 6) is 0.332. The number of hydrogen-bond acceptors (Lipinski definition) is 2. The first-order valence-corrected chi connectivity index (χ1v) is 7.30.